The Labute approximate surface area is 81.9 Å². The average molecular weight is 198 g/mol. The monoisotopic (exact) mass is 198 g/mol. The number of hydrogen-bond acceptors (Lipinski definition) is 3. The Bertz CT molecular complexity index is 269. The van der Waals surface area contributed by atoms with E-state index in [9.17, 15) is 9.59 Å². The van der Waals surface area contributed by atoms with Gasteiger partial charge in [0.25, 0.3) is 0 Å². The number of rotatable bonds is 3. The van der Waals surface area contributed by atoms with Crippen LogP contribution in [0.4, 0.5) is 0 Å². The number of aliphatic carboxylic acids is 1. The van der Waals surface area contributed by atoms with Crippen LogP contribution in [0, 0.1) is 0 Å². The molecule has 1 saturated carbocycles. The van der Waals surface area contributed by atoms with Crippen molar-refractivity contribution in [3.63, 3.8) is 0 Å². The molecule has 5 heteroatoms. The van der Waals surface area contributed by atoms with Crippen molar-refractivity contribution in [2.75, 3.05) is 6.54 Å². The van der Waals surface area contributed by atoms with E-state index >= 15 is 0 Å². The van der Waals surface area contributed by atoms with Gasteiger partial charge < -0.3 is 15.7 Å². The molecule has 1 atom stereocenters. The van der Waals surface area contributed by atoms with Crippen molar-refractivity contribution in [1.82, 2.24) is 10.6 Å². The Morgan fingerprint density at radius 3 is 2.36 bits per heavy atom. The van der Waals surface area contributed by atoms with E-state index in [4.69, 9.17) is 5.11 Å². The highest BCUT2D eigenvalue weighted by Gasteiger charge is 2.46. The molecule has 0 aromatic carbocycles. The van der Waals surface area contributed by atoms with Crippen LogP contribution >= 0.6 is 0 Å². The molecule has 1 saturated heterocycles. The predicted octanol–water partition coefficient (Wildman–Crippen LogP) is -0.528. The number of carbonyl (C=O) groups is 2. The third-order valence-corrected chi connectivity index (χ3v) is 3.12. The number of nitrogens with one attached hydrogen (secondary N) is 2. The molecule has 1 amide bonds. The van der Waals surface area contributed by atoms with Gasteiger partial charge in [0, 0.05) is 0 Å². The predicted molar refractivity (Wildman–Crippen MR) is 48.8 cm³/mol. The van der Waals surface area contributed by atoms with Gasteiger partial charge in [0.15, 0.2) is 0 Å². The lowest BCUT2D eigenvalue weighted by atomic mass is 9.76. The Morgan fingerprint density at radius 2 is 2.07 bits per heavy atom. The second kappa shape index (κ2) is 3.24. The fraction of sp³-hybridized carbons (Fsp3) is 0.778. The molecule has 0 aromatic rings. The van der Waals surface area contributed by atoms with E-state index in [1.165, 1.54) is 0 Å². The lowest BCUT2D eigenvalue weighted by Gasteiger charge is -2.40. The van der Waals surface area contributed by atoms with E-state index in [0.717, 1.165) is 19.4 Å². The van der Waals surface area contributed by atoms with E-state index in [-0.39, 0.29) is 11.9 Å². The van der Waals surface area contributed by atoms with Gasteiger partial charge >= 0.3 is 5.97 Å². The quantitative estimate of drug-likeness (QED) is 0.569. The zero-order valence-corrected chi connectivity index (χ0v) is 7.88. The largest absolute Gasteiger partial charge is 0.480 e. The fourth-order valence-electron chi connectivity index (χ4n) is 1.76. The van der Waals surface area contributed by atoms with Crippen LogP contribution in [0.3, 0.4) is 0 Å². The molecule has 0 spiro atoms. The fourth-order valence-corrected chi connectivity index (χ4v) is 1.76. The Kier molecular flexibility index (Phi) is 2.19. The molecule has 0 radical (unpaired) electrons. The minimum atomic E-state index is -0.964. The molecule has 5 nitrogen and oxygen atoms in total. The third kappa shape index (κ3) is 1.37. The topological polar surface area (TPSA) is 78.4 Å². The van der Waals surface area contributed by atoms with Crippen LogP contribution in [-0.2, 0) is 9.59 Å². The van der Waals surface area contributed by atoms with Crippen molar-refractivity contribution in [2.45, 2.75) is 37.3 Å². The molecule has 1 unspecified atom stereocenters. The van der Waals surface area contributed by atoms with E-state index < -0.39 is 11.5 Å². The zero-order chi connectivity index (χ0) is 10.2. The summed E-state index contributed by atoms with van der Waals surface area (Å²) in [6, 6.07) is -0.174. The zero-order valence-electron chi connectivity index (χ0n) is 7.88. The summed E-state index contributed by atoms with van der Waals surface area (Å²) in [6.45, 7) is 0.845. The average Bonchev–Trinajstić information content (AvgIpc) is 1.92. The van der Waals surface area contributed by atoms with E-state index in [1.807, 2.05) is 0 Å². The molecular weight excluding hydrogens is 184 g/mol. The minimum absolute atomic E-state index is 0.168. The molecule has 0 aromatic heterocycles. The lowest BCUT2D eigenvalue weighted by Crippen LogP contribution is -2.64. The SMILES string of the molecule is O=C(NC1(C(=O)O)CCC1)C1CCN1. The summed E-state index contributed by atoms with van der Waals surface area (Å²) in [5.41, 5.74) is -0.964. The molecule has 1 aliphatic heterocycles. The van der Waals surface area contributed by atoms with E-state index in [1.54, 1.807) is 0 Å². The van der Waals surface area contributed by atoms with Crippen LogP contribution in [0.25, 0.3) is 0 Å². The van der Waals surface area contributed by atoms with Crippen molar-refractivity contribution in [3.8, 4) is 0 Å². The molecule has 2 fully saturated rings. The second-order valence-corrected chi connectivity index (χ2v) is 4.03. The van der Waals surface area contributed by atoms with E-state index in [2.05, 4.69) is 10.6 Å². The molecule has 2 aliphatic rings. The Balaban J connectivity index is 1.94. The Morgan fingerprint density at radius 1 is 1.43 bits per heavy atom. The van der Waals surface area contributed by atoms with Gasteiger partial charge in [-0.25, -0.2) is 4.79 Å². The molecule has 14 heavy (non-hydrogen) atoms. The molecule has 1 aliphatic carbocycles. The summed E-state index contributed by atoms with van der Waals surface area (Å²) >= 11 is 0. The van der Waals surface area contributed by atoms with Crippen molar-refractivity contribution in [3.05, 3.63) is 0 Å². The summed E-state index contributed by atoms with van der Waals surface area (Å²) < 4.78 is 0. The first-order valence-electron chi connectivity index (χ1n) is 4.93. The maximum absolute atomic E-state index is 11.5. The molecule has 78 valence electrons. The number of carboxylic acid groups (broad SMARTS) is 1. The summed E-state index contributed by atoms with van der Waals surface area (Å²) in [4.78, 5) is 22.4. The van der Waals surface area contributed by atoms with Crippen molar-refractivity contribution >= 4 is 11.9 Å². The smallest absolute Gasteiger partial charge is 0.329 e. The molecule has 0 bridgehead atoms. The van der Waals surface area contributed by atoms with Crippen LogP contribution < -0.4 is 10.6 Å². The van der Waals surface area contributed by atoms with Gasteiger partial charge in [-0.3, -0.25) is 4.79 Å². The van der Waals surface area contributed by atoms with Crippen LogP contribution in [-0.4, -0.2) is 35.1 Å². The third-order valence-electron chi connectivity index (χ3n) is 3.12. The van der Waals surface area contributed by atoms with Crippen LogP contribution in [0.5, 0.6) is 0 Å². The molecule has 1 heterocycles. The molecule has 2 rings (SSSR count). The van der Waals surface area contributed by atoms with Gasteiger partial charge in [-0.05, 0) is 32.2 Å². The van der Waals surface area contributed by atoms with E-state index in [0.29, 0.717) is 12.8 Å². The summed E-state index contributed by atoms with van der Waals surface area (Å²) in [5.74, 6) is -1.07. The second-order valence-electron chi connectivity index (χ2n) is 4.03. The highest BCUT2D eigenvalue weighted by molar-refractivity contribution is 5.90. The minimum Gasteiger partial charge on any atom is -0.480 e. The highest BCUT2D eigenvalue weighted by Crippen LogP contribution is 2.32. The van der Waals surface area contributed by atoms with Crippen LogP contribution in [0.2, 0.25) is 0 Å². The molecule has 3 N–H and O–H groups in total. The Hall–Kier alpha value is -1.10. The first kappa shape index (κ1) is 9.45. The normalized spacial score (nSPS) is 28.4. The van der Waals surface area contributed by atoms with Gasteiger partial charge in [-0.2, -0.15) is 0 Å². The lowest BCUT2D eigenvalue weighted by molar-refractivity contribution is -0.152. The highest BCUT2D eigenvalue weighted by atomic mass is 16.4. The summed E-state index contributed by atoms with van der Waals surface area (Å²) in [5, 5.41) is 14.6. The van der Waals surface area contributed by atoms with Crippen molar-refractivity contribution in [2.24, 2.45) is 0 Å². The summed E-state index contributed by atoms with van der Waals surface area (Å²) in [6.07, 6.45) is 2.80. The number of amides is 1. The maximum atomic E-state index is 11.5. The maximum Gasteiger partial charge on any atom is 0.329 e. The van der Waals surface area contributed by atoms with Crippen molar-refractivity contribution < 1.29 is 14.7 Å². The van der Waals surface area contributed by atoms with Crippen LogP contribution in [0.15, 0.2) is 0 Å². The van der Waals surface area contributed by atoms with Gasteiger partial charge in [-0.15, -0.1) is 0 Å². The van der Waals surface area contributed by atoms with Gasteiger partial charge in [-0.1, -0.05) is 0 Å². The first-order chi connectivity index (χ1) is 6.64. The number of carbonyl (C=O) groups excluding carboxylic acids is 1. The van der Waals surface area contributed by atoms with Gasteiger partial charge in [0.1, 0.15) is 5.54 Å². The van der Waals surface area contributed by atoms with Gasteiger partial charge in [0.05, 0.1) is 6.04 Å². The number of hydrogen-bond donors (Lipinski definition) is 3. The first-order valence-corrected chi connectivity index (χ1v) is 4.93. The number of carboxylic acids is 1. The standard InChI is InChI=1S/C9H14N2O3/c12-7(6-2-5-10-6)11-9(8(13)14)3-1-4-9/h6,10H,1-5H2,(H,11,12)(H,13,14). The van der Waals surface area contributed by atoms with Crippen molar-refractivity contribution in [1.29, 1.82) is 0 Å². The molecular formula is C9H14N2O3. The van der Waals surface area contributed by atoms with Crippen LogP contribution in [0.1, 0.15) is 25.7 Å². The summed E-state index contributed by atoms with van der Waals surface area (Å²) in [7, 11) is 0. The van der Waals surface area contributed by atoms with Gasteiger partial charge in [0.2, 0.25) is 5.91 Å².